The summed E-state index contributed by atoms with van der Waals surface area (Å²) in [5.74, 6) is -0.696. The van der Waals surface area contributed by atoms with E-state index in [0.717, 1.165) is 25.7 Å². The summed E-state index contributed by atoms with van der Waals surface area (Å²) in [6, 6.07) is 0. The SMILES string of the molecule is CCCCCC/C=C\C=C/C/C=C\CCCCC(=O)O. The van der Waals surface area contributed by atoms with Gasteiger partial charge < -0.3 is 5.11 Å². The molecule has 1 N–H and O–H groups in total. The Bertz CT molecular complexity index is 301. The molecular weight excluding hydrogens is 248 g/mol. The van der Waals surface area contributed by atoms with Crippen molar-refractivity contribution in [3.05, 3.63) is 36.5 Å². The maximum absolute atomic E-state index is 10.3. The summed E-state index contributed by atoms with van der Waals surface area (Å²) >= 11 is 0. The van der Waals surface area contributed by atoms with Crippen molar-refractivity contribution < 1.29 is 9.90 Å². The first-order valence-electron chi connectivity index (χ1n) is 7.95. The highest BCUT2D eigenvalue weighted by atomic mass is 16.4. The standard InChI is InChI=1S/C18H30O2/c1-2-3-4-5-6-7-8-9-10-11-12-13-14-15-16-17-18(19)20/h7-10,12-13H,2-6,11,14-17H2,1H3,(H,19,20)/b8-7-,10-9-,13-12-. The zero-order valence-corrected chi connectivity index (χ0v) is 12.9. The van der Waals surface area contributed by atoms with Crippen LogP contribution in [0, 0.1) is 0 Å². The van der Waals surface area contributed by atoms with Crippen molar-refractivity contribution in [2.75, 3.05) is 0 Å². The number of carboxylic acid groups (broad SMARTS) is 1. The van der Waals surface area contributed by atoms with Gasteiger partial charge in [-0.3, -0.25) is 4.79 Å². The second kappa shape index (κ2) is 15.7. The topological polar surface area (TPSA) is 37.3 Å². The molecule has 0 saturated carbocycles. The molecule has 0 bridgehead atoms. The zero-order chi connectivity index (χ0) is 14.9. The van der Waals surface area contributed by atoms with Crippen LogP contribution >= 0.6 is 0 Å². The molecule has 2 nitrogen and oxygen atoms in total. The van der Waals surface area contributed by atoms with Gasteiger partial charge in [-0.1, -0.05) is 62.6 Å². The van der Waals surface area contributed by atoms with Crippen molar-refractivity contribution >= 4 is 5.97 Å². The Morgan fingerprint density at radius 2 is 1.55 bits per heavy atom. The van der Waals surface area contributed by atoms with Crippen LogP contribution in [0.4, 0.5) is 0 Å². The van der Waals surface area contributed by atoms with E-state index in [1.165, 1.54) is 32.1 Å². The Labute approximate surface area is 124 Å². The lowest BCUT2D eigenvalue weighted by Gasteiger charge is -1.93. The van der Waals surface area contributed by atoms with Crippen LogP contribution in [-0.4, -0.2) is 11.1 Å². The minimum Gasteiger partial charge on any atom is -0.481 e. The molecule has 0 saturated heterocycles. The molecule has 0 rings (SSSR count). The summed E-state index contributed by atoms with van der Waals surface area (Å²) in [5, 5.41) is 8.48. The molecule has 0 fully saturated rings. The summed E-state index contributed by atoms with van der Waals surface area (Å²) < 4.78 is 0. The molecule has 0 aliphatic heterocycles. The fourth-order valence-corrected chi connectivity index (χ4v) is 1.85. The highest BCUT2D eigenvalue weighted by molar-refractivity contribution is 5.66. The average Bonchev–Trinajstić information content (AvgIpc) is 2.43. The van der Waals surface area contributed by atoms with Crippen LogP contribution in [0.3, 0.4) is 0 Å². The molecule has 20 heavy (non-hydrogen) atoms. The monoisotopic (exact) mass is 278 g/mol. The van der Waals surface area contributed by atoms with Gasteiger partial charge in [0.2, 0.25) is 0 Å². The molecular formula is C18H30O2. The number of hydrogen-bond donors (Lipinski definition) is 1. The Morgan fingerprint density at radius 1 is 0.850 bits per heavy atom. The third-order valence-corrected chi connectivity index (χ3v) is 3.06. The maximum Gasteiger partial charge on any atom is 0.303 e. The van der Waals surface area contributed by atoms with Crippen LogP contribution < -0.4 is 0 Å². The fourth-order valence-electron chi connectivity index (χ4n) is 1.85. The Balaban J connectivity index is 3.33. The largest absolute Gasteiger partial charge is 0.481 e. The van der Waals surface area contributed by atoms with Crippen molar-refractivity contribution in [2.24, 2.45) is 0 Å². The van der Waals surface area contributed by atoms with Gasteiger partial charge in [0.05, 0.1) is 0 Å². The lowest BCUT2D eigenvalue weighted by atomic mass is 10.1. The van der Waals surface area contributed by atoms with Crippen molar-refractivity contribution in [3.8, 4) is 0 Å². The van der Waals surface area contributed by atoms with Crippen LogP contribution in [0.1, 0.15) is 71.1 Å². The second-order valence-electron chi connectivity index (χ2n) is 5.05. The van der Waals surface area contributed by atoms with Gasteiger partial charge in [0.15, 0.2) is 0 Å². The summed E-state index contributed by atoms with van der Waals surface area (Å²) in [7, 11) is 0. The predicted molar refractivity (Wildman–Crippen MR) is 86.9 cm³/mol. The van der Waals surface area contributed by atoms with Gasteiger partial charge in [-0.25, -0.2) is 0 Å². The van der Waals surface area contributed by atoms with Crippen molar-refractivity contribution in [1.29, 1.82) is 0 Å². The highest BCUT2D eigenvalue weighted by Gasteiger charge is 1.93. The van der Waals surface area contributed by atoms with Crippen LogP contribution in [0.5, 0.6) is 0 Å². The predicted octanol–water partition coefficient (Wildman–Crippen LogP) is 5.66. The van der Waals surface area contributed by atoms with E-state index in [-0.39, 0.29) is 6.42 Å². The molecule has 0 heterocycles. The lowest BCUT2D eigenvalue weighted by Crippen LogP contribution is -1.92. The number of rotatable bonds is 13. The summed E-state index contributed by atoms with van der Waals surface area (Å²) in [4.78, 5) is 10.3. The van der Waals surface area contributed by atoms with Crippen molar-refractivity contribution in [3.63, 3.8) is 0 Å². The quantitative estimate of drug-likeness (QED) is 0.268. The van der Waals surface area contributed by atoms with E-state index in [9.17, 15) is 4.79 Å². The van der Waals surface area contributed by atoms with E-state index in [2.05, 4.69) is 43.4 Å². The van der Waals surface area contributed by atoms with Gasteiger partial charge in [0, 0.05) is 6.42 Å². The number of carbonyl (C=O) groups is 1. The molecule has 0 spiro atoms. The maximum atomic E-state index is 10.3. The number of allylic oxidation sites excluding steroid dienone is 6. The van der Waals surface area contributed by atoms with E-state index in [1.807, 2.05) is 0 Å². The van der Waals surface area contributed by atoms with Gasteiger partial charge in [0.25, 0.3) is 0 Å². The first-order chi connectivity index (χ1) is 9.77. The van der Waals surface area contributed by atoms with Crippen LogP contribution in [0.2, 0.25) is 0 Å². The van der Waals surface area contributed by atoms with Crippen molar-refractivity contribution in [2.45, 2.75) is 71.1 Å². The van der Waals surface area contributed by atoms with Gasteiger partial charge in [0.1, 0.15) is 0 Å². The molecule has 0 aliphatic carbocycles. The van der Waals surface area contributed by atoms with Gasteiger partial charge in [-0.2, -0.15) is 0 Å². The normalized spacial score (nSPS) is 12.1. The number of aliphatic carboxylic acids is 1. The van der Waals surface area contributed by atoms with Crippen molar-refractivity contribution in [1.82, 2.24) is 0 Å². The second-order valence-corrected chi connectivity index (χ2v) is 5.05. The molecule has 0 aromatic heterocycles. The molecule has 0 radical (unpaired) electrons. The Morgan fingerprint density at radius 3 is 2.30 bits per heavy atom. The smallest absolute Gasteiger partial charge is 0.303 e. The molecule has 0 amide bonds. The average molecular weight is 278 g/mol. The molecule has 0 aromatic rings. The van der Waals surface area contributed by atoms with Gasteiger partial charge >= 0.3 is 5.97 Å². The fraction of sp³-hybridized carbons (Fsp3) is 0.611. The number of unbranched alkanes of at least 4 members (excludes halogenated alkanes) is 6. The van der Waals surface area contributed by atoms with E-state index >= 15 is 0 Å². The van der Waals surface area contributed by atoms with E-state index in [1.54, 1.807) is 0 Å². The molecule has 2 heteroatoms. The third kappa shape index (κ3) is 16.7. The minimum absolute atomic E-state index is 0.288. The summed E-state index contributed by atoms with van der Waals surface area (Å²) in [6.45, 7) is 2.23. The van der Waals surface area contributed by atoms with E-state index < -0.39 is 5.97 Å². The van der Waals surface area contributed by atoms with E-state index in [0.29, 0.717) is 0 Å². The molecule has 114 valence electrons. The first-order valence-corrected chi connectivity index (χ1v) is 7.95. The van der Waals surface area contributed by atoms with Gasteiger partial charge in [-0.05, 0) is 38.5 Å². The molecule has 0 aliphatic rings. The molecule has 0 unspecified atom stereocenters. The lowest BCUT2D eigenvalue weighted by molar-refractivity contribution is -0.137. The number of carboxylic acids is 1. The Kier molecular flexibility index (Phi) is 14.7. The van der Waals surface area contributed by atoms with Crippen LogP contribution in [0.25, 0.3) is 0 Å². The summed E-state index contributed by atoms with van der Waals surface area (Å²) in [5.41, 5.74) is 0. The summed E-state index contributed by atoms with van der Waals surface area (Å²) in [6.07, 6.45) is 23.3. The minimum atomic E-state index is -0.696. The van der Waals surface area contributed by atoms with Crippen LogP contribution in [-0.2, 0) is 4.79 Å². The zero-order valence-electron chi connectivity index (χ0n) is 12.9. The molecule has 0 aromatic carbocycles. The van der Waals surface area contributed by atoms with Gasteiger partial charge in [-0.15, -0.1) is 0 Å². The first kappa shape index (κ1) is 18.7. The highest BCUT2D eigenvalue weighted by Crippen LogP contribution is 2.03. The van der Waals surface area contributed by atoms with E-state index in [4.69, 9.17) is 5.11 Å². The number of hydrogen-bond acceptors (Lipinski definition) is 1. The Hall–Kier alpha value is -1.31. The van der Waals surface area contributed by atoms with Crippen LogP contribution in [0.15, 0.2) is 36.5 Å². The third-order valence-electron chi connectivity index (χ3n) is 3.06. The molecule has 0 atom stereocenters.